The van der Waals surface area contributed by atoms with Crippen LogP contribution in [0.25, 0.3) is 10.9 Å². The van der Waals surface area contributed by atoms with E-state index in [0.717, 1.165) is 10.9 Å². The summed E-state index contributed by atoms with van der Waals surface area (Å²) in [6.45, 7) is 0.883. The van der Waals surface area contributed by atoms with E-state index in [-0.39, 0.29) is 5.91 Å². The zero-order valence-electron chi connectivity index (χ0n) is 8.16. The summed E-state index contributed by atoms with van der Waals surface area (Å²) in [5, 5.41) is 10.3. The van der Waals surface area contributed by atoms with Crippen LogP contribution in [-0.2, 0) is 0 Å². The minimum Gasteiger partial charge on any atom is -0.349 e. The molecular formula is C10H12N4O. The van der Waals surface area contributed by atoms with Gasteiger partial charge in [-0.25, -0.2) is 0 Å². The van der Waals surface area contributed by atoms with Gasteiger partial charge in [0, 0.05) is 18.5 Å². The maximum absolute atomic E-state index is 11.6. The molecule has 0 saturated carbocycles. The molecule has 1 aromatic carbocycles. The first kappa shape index (κ1) is 9.67. The van der Waals surface area contributed by atoms with Crippen molar-refractivity contribution in [2.24, 2.45) is 5.73 Å². The molecule has 0 saturated heterocycles. The Morgan fingerprint density at radius 3 is 3.07 bits per heavy atom. The van der Waals surface area contributed by atoms with Crippen molar-refractivity contribution < 1.29 is 4.79 Å². The number of nitrogens with two attached hydrogens (primary N) is 1. The molecule has 0 atom stereocenters. The van der Waals surface area contributed by atoms with Crippen LogP contribution in [0.15, 0.2) is 24.3 Å². The minimum absolute atomic E-state index is 0.196. The fraction of sp³-hybridized carbons (Fsp3) is 0.200. The van der Waals surface area contributed by atoms with Gasteiger partial charge < -0.3 is 11.1 Å². The molecular weight excluding hydrogens is 192 g/mol. The van der Waals surface area contributed by atoms with Crippen molar-refractivity contribution in [1.82, 2.24) is 15.5 Å². The lowest BCUT2D eigenvalue weighted by Gasteiger charge is -1.99. The maximum Gasteiger partial charge on any atom is 0.272 e. The number of benzene rings is 1. The number of H-pyrrole nitrogens is 1. The summed E-state index contributed by atoms with van der Waals surface area (Å²) < 4.78 is 0. The van der Waals surface area contributed by atoms with Gasteiger partial charge in [0.05, 0.1) is 5.52 Å². The fourth-order valence-corrected chi connectivity index (χ4v) is 1.41. The van der Waals surface area contributed by atoms with Crippen LogP contribution < -0.4 is 11.1 Å². The van der Waals surface area contributed by atoms with Crippen LogP contribution in [0.5, 0.6) is 0 Å². The van der Waals surface area contributed by atoms with Gasteiger partial charge in [-0.15, -0.1) is 0 Å². The van der Waals surface area contributed by atoms with Crippen LogP contribution >= 0.6 is 0 Å². The molecule has 5 heteroatoms. The number of hydrogen-bond donors (Lipinski definition) is 3. The number of carbonyl (C=O) groups excluding carboxylic acids is 1. The molecule has 0 unspecified atom stereocenters. The molecule has 0 radical (unpaired) electrons. The molecule has 4 N–H and O–H groups in total. The highest BCUT2D eigenvalue weighted by molar-refractivity contribution is 6.04. The third kappa shape index (κ3) is 1.82. The molecule has 78 valence electrons. The van der Waals surface area contributed by atoms with Gasteiger partial charge in [-0.2, -0.15) is 5.10 Å². The summed E-state index contributed by atoms with van der Waals surface area (Å²) in [4.78, 5) is 11.6. The second kappa shape index (κ2) is 4.10. The Balaban J connectivity index is 2.31. The molecule has 0 spiro atoms. The second-order valence-electron chi connectivity index (χ2n) is 3.16. The summed E-state index contributed by atoms with van der Waals surface area (Å²) in [5.74, 6) is -0.196. The molecule has 0 bridgehead atoms. The molecule has 0 aliphatic carbocycles. The highest BCUT2D eigenvalue weighted by atomic mass is 16.1. The Morgan fingerprint density at radius 1 is 1.47 bits per heavy atom. The zero-order valence-corrected chi connectivity index (χ0v) is 8.16. The number of amides is 1. The summed E-state index contributed by atoms with van der Waals surface area (Å²) in [5.41, 5.74) is 6.57. The number of aromatic amines is 1. The first-order valence-corrected chi connectivity index (χ1v) is 4.74. The third-order valence-electron chi connectivity index (χ3n) is 2.12. The van der Waals surface area contributed by atoms with Crippen LogP contribution in [0.4, 0.5) is 0 Å². The second-order valence-corrected chi connectivity index (χ2v) is 3.16. The molecule has 2 aromatic rings. The van der Waals surface area contributed by atoms with E-state index in [4.69, 9.17) is 5.73 Å². The number of nitrogens with zero attached hydrogens (tertiary/aromatic N) is 1. The largest absolute Gasteiger partial charge is 0.349 e. The van der Waals surface area contributed by atoms with Crippen molar-refractivity contribution >= 4 is 16.8 Å². The van der Waals surface area contributed by atoms with Crippen molar-refractivity contribution in [3.8, 4) is 0 Å². The number of rotatable bonds is 3. The molecule has 1 aromatic heterocycles. The standard InChI is InChI=1S/C10H12N4O/c11-5-6-12-10(15)9-7-3-1-2-4-8(7)13-14-9/h1-4H,5-6,11H2,(H,12,15)(H,13,14). The average Bonchev–Trinajstić information content (AvgIpc) is 2.69. The van der Waals surface area contributed by atoms with Crippen LogP contribution in [0.1, 0.15) is 10.5 Å². The summed E-state index contributed by atoms with van der Waals surface area (Å²) in [7, 11) is 0. The molecule has 1 heterocycles. The van der Waals surface area contributed by atoms with Gasteiger partial charge >= 0.3 is 0 Å². The van der Waals surface area contributed by atoms with E-state index in [1.807, 2.05) is 24.3 Å². The van der Waals surface area contributed by atoms with E-state index in [0.29, 0.717) is 18.8 Å². The molecule has 1 amide bonds. The fourth-order valence-electron chi connectivity index (χ4n) is 1.41. The minimum atomic E-state index is -0.196. The van der Waals surface area contributed by atoms with Crippen LogP contribution in [0, 0.1) is 0 Å². The van der Waals surface area contributed by atoms with E-state index in [1.54, 1.807) is 0 Å². The highest BCUT2D eigenvalue weighted by Gasteiger charge is 2.12. The Hall–Kier alpha value is -1.88. The van der Waals surface area contributed by atoms with Crippen molar-refractivity contribution in [3.63, 3.8) is 0 Å². The number of para-hydroxylation sites is 1. The first-order valence-electron chi connectivity index (χ1n) is 4.74. The van der Waals surface area contributed by atoms with Crippen molar-refractivity contribution in [1.29, 1.82) is 0 Å². The Labute approximate surface area is 86.7 Å². The molecule has 0 fully saturated rings. The van der Waals surface area contributed by atoms with Gasteiger partial charge in [-0.05, 0) is 6.07 Å². The lowest BCUT2D eigenvalue weighted by Crippen LogP contribution is -2.29. The number of hydrogen-bond acceptors (Lipinski definition) is 3. The van der Waals surface area contributed by atoms with Crippen molar-refractivity contribution in [3.05, 3.63) is 30.0 Å². The predicted octanol–water partition coefficient (Wildman–Crippen LogP) is 0.251. The van der Waals surface area contributed by atoms with Crippen LogP contribution in [0.2, 0.25) is 0 Å². The topological polar surface area (TPSA) is 83.8 Å². The van der Waals surface area contributed by atoms with Crippen molar-refractivity contribution in [2.45, 2.75) is 0 Å². The average molecular weight is 204 g/mol. The van der Waals surface area contributed by atoms with Crippen LogP contribution in [-0.4, -0.2) is 29.2 Å². The Kier molecular flexibility index (Phi) is 2.64. The predicted molar refractivity (Wildman–Crippen MR) is 57.5 cm³/mol. The maximum atomic E-state index is 11.6. The summed E-state index contributed by atoms with van der Waals surface area (Å²) in [6.07, 6.45) is 0. The molecule has 0 aliphatic heterocycles. The molecule has 5 nitrogen and oxygen atoms in total. The normalized spacial score (nSPS) is 10.5. The smallest absolute Gasteiger partial charge is 0.272 e. The summed E-state index contributed by atoms with van der Waals surface area (Å²) in [6, 6.07) is 7.50. The quantitative estimate of drug-likeness (QED) is 0.670. The van der Waals surface area contributed by atoms with Gasteiger partial charge in [0.25, 0.3) is 5.91 Å². The van der Waals surface area contributed by atoms with E-state index in [2.05, 4.69) is 15.5 Å². The van der Waals surface area contributed by atoms with Gasteiger partial charge in [0.15, 0.2) is 5.69 Å². The third-order valence-corrected chi connectivity index (χ3v) is 2.12. The van der Waals surface area contributed by atoms with Crippen LogP contribution in [0.3, 0.4) is 0 Å². The van der Waals surface area contributed by atoms with Gasteiger partial charge in [0.2, 0.25) is 0 Å². The van der Waals surface area contributed by atoms with E-state index >= 15 is 0 Å². The Morgan fingerprint density at radius 2 is 2.27 bits per heavy atom. The SMILES string of the molecule is NCCNC(=O)c1n[nH]c2ccccc12. The molecule has 15 heavy (non-hydrogen) atoms. The van der Waals surface area contributed by atoms with E-state index in [1.165, 1.54) is 0 Å². The zero-order chi connectivity index (χ0) is 10.7. The molecule has 0 aliphatic rings. The molecule has 2 rings (SSSR count). The van der Waals surface area contributed by atoms with Gasteiger partial charge in [0.1, 0.15) is 0 Å². The highest BCUT2D eigenvalue weighted by Crippen LogP contribution is 2.14. The lowest BCUT2D eigenvalue weighted by molar-refractivity contribution is 0.0951. The number of nitrogens with one attached hydrogen (secondary N) is 2. The number of carbonyl (C=O) groups is 1. The monoisotopic (exact) mass is 204 g/mol. The Bertz CT molecular complexity index is 477. The number of fused-ring (bicyclic) bond motifs is 1. The number of aromatic nitrogens is 2. The van der Waals surface area contributed by atoms with Gasteiger partial charge in [-0.3, -0.25) is 9.89 Å². The van der Waals surface area contributed by atoms with Gasteiger partial charge in [-0.1, -0.05) is 18.2 Å². The van der Waals surface area contributed by atoms with E-state index in [9.17, 15) is 4.79 Å². The lowest BCUT2D eigenvalue weighted by atomic mass is 10.2. The van der Waals surface area contributed by atoms with Crippen molar-refractivity contribution in [2.75, 3.05) is 13.1 Å². The first-order chi connectivity index (χ1) is 7.33. The summed E-state index contributed by atoms with van der Waals surface area (Å²) >= 11 is 0. The van der Waals surface area contributed by atoms with E-state index < -0.39 is 0 Å².